The van der Waals surface area contributed by atoms with Crippen LogP contribution >= 0.6 is 0 Å². The molecule has 154 valence electrons. The van der Waals surface area contributed by atoms with Gasteiger partial charge in [-0.3, -0.25) is 9.36 Å². The van der Waals surface area contributed by atoms with E-state index in [4.69, 9.17) is 9.15 Å². The number of oxazole rings is 1. The molecule has 1 heterocycles. The number of ether oxygens (including phenoxy) is 1. The molecule has 0 aliphatic heterocycles. The van der Waals surface area contributed by atoms with E-state index >= 15 is 0 Å². The summed E-state index contributed by atoms with van der Waals surface area (Å²) in [5.74, 6) is -0.654. The van der Waals surface area contributed by atoms with Gasteiger partial charge in [0.25, 0.3) is 0 Å². The van der Waals surface area contributed by atoms with Gasteiger partial charge in [0.05, 0.1) is 29.6 Å². The summed E-state index contributed by atoms with van der Waals surface area (Å²) in [5, 5.41) is 0. The molecular formula is C20H22N2O6S. The lowest BCUT2D eigenvalue weighted by Gasteiger charge is -2.18. The summed E-state index contributed by atoms with van der Waals surface area (Å²) < 4.78 is 38.3. The maximum atomic E-state index is 12.7. The third-order valence-corrected chi connectivity index (χ3v) is 6.74. The number of fused-ring (bicyclic) bond motifs is 1. The molecule has 0 saturated heterocycles. The molecule has 9 heteroatoms. The van der Waals surface area contributed by atoms with E-state index in [0.717, 1.165) is 0 Å². The second-order valence-electron chi connectivity index (χ2n) is 6.30. The molecule has 0 spiro atoms. The molecule has 0 bridgehead atoms. The number of carbonyl (C=O) groups excluding carboxylic acids is 1. The summed E-state index contributed by atoms with van der Waals surface area (Å²) in [4.78, 5) is 25.1. The number of ketones is 1. The molecule has 0 unspecified atom stereocenters. The van der Waals surface area contributed by atoms with Crippen molar-refractivity contribution < 1.29 is 22.4 Å². The molecule has 0 N–H and O–H groups in total. The molecule has 0 amide bonds. The van der Waals surface area contributed by atoms with E-state index in [9.17, 15) is 18.0 Å². The summed E-state index contributed by atoms with van der Waals surface area (Å²) in [6.45, 7) is 3.90. The topological polar surface area (TPSA) is 98.8 Å². The number of nitrogens with zero attached hydrogens (tertiary/aromatic N) is 2. The minimum absolute atomic E-state index is 0.0330. The molecule has 0 aliphatic rings. The van der Waals surface area contributed by atoms with Gasteiger partial charge in [0.1, 0.15) is 5.75 Å². The Morgan fingerprint density at radius 3 is 2.48 bits per heavy atom. The summed E-state index contributed by atoms with van der Waals surface area (Å²) >= 11 is 0. The number of rotatable bonds is 8. The first-order valence-corrected chi connectivity index (χ1v) is 10.6. The van der Waals surface area contributed by atoms with Crippen LogP contribution in [0.25, 0.3) is 11.1 Å². The molecule has 8 nitrogen and oxygen atoms in total. The number of hydrogen-bond donors (Lipinski definition) is 0. The molecule has 0 saturated carbocycles. The Bertz CT molecular complexity index is 1210. The molecule has 3 aromatic rings. The predicted octanol–water partition coefficient (Wildman–Crippen LogP) is 2.52. The van der Waals surface area contributed by atoms with Gasteiger partial charge in [-0.1, -0.05) is 26.0 Å². The highest BCUT2D eigenvalue weighted by molar-refractivity contribution is 7.89. The zero-order chi connectivity index (χ0) is 21.2. The van der Waals surface area contributed by atoms with E-state index in [1.807, 2.05) is 0 Å². The molecule has 0 fully saturated rings. The maximum absolute atomic E-state index is 12.7. The Hall–Kier alpha value is -2.91. The fourth-order valence-corrected chi connectivity index (χ4v) is 4.65. The largest absolute Gasteiger partial charge is 0.496 e. The number of carbonyl (C=O) groups is 1. The summed E-state index contributed by atoms with van der Waals surface area (Å²) in [6, 6.07) is 10.9. The highest BCUT2D eigenvalue weighted by atomic mass is 32.2. The monoisotopic (exact) mass is 418 g/mol. The number of benzene rings is 2. The molecule has 2 aromatic carbocycles. The van der Waals surface area contributed by atoms with E-state index in [1.54, 1.807) is 38.1 Å². The Balaban J connectivity index is 2.00. The van der Waals surface area contributed by atoms with Crippen LogP contribution < -0.4 is 10.5 Å². The van der Waals surface area contributed by atoms with Crippen molar-refractivity contribution >= 4 is 26.9 Å². The van der Waals surface area contributed by atoms with Crippen LogP contribution in [-0.2, 0) is 16.6 Å². The number of para-hydroxylation sites is 1. The van der Waals surface area contributed by atoms with E-state index < -0.39 is 15.8 Å². The normalized spacial score (nSPS) is 11.9. The Morgan fingerprint density at radius 1 is 1.14 bits per heavy atom. The van der Waals surface area contributed by atoms with Gasteiger partial charge in [-0.2, -0.15) is 4.31 Å². The molecular weight excluding hydrogens is 396 g/mol. The predicted molar refractivity (Wildman–Crippen MR) is 108 cm³/mol. The fraction of sp³-hybridized carbons (Fsp3) is 0.300. The van der Waals surface area contributed by atoms with Crippen molar-refractivity contribution in [2.45, 2.75) is 25.3 Å². The zero-order valence-electron chi connectivity index (χ0n) is 16.4. The first kappa shape index (κ1) is 20.8. The van der Waals surface area contributed by atoms with Crippen molar-refractivity contribution in [1.82, 2.24) is 8.87 Å². The SMILES string of the molecule is CCN(CC)S(=O)(=O)c1ccc2c(c1)oc(=O)n2CC(=O)c1ccccc1OC. The summed E-state index contributed by atoms with van der Waals surface area (Å²) in [5.41, 5.74) is 0.796. The quantitative estimate of drug-likeness (QED) is 0.521. The van der Waals surface area contributed by atoms with Crippen LogP contribution in [0.1, 0.15) is 24.2 Å². The molecule has 0 atom stereocenters. The highest BCUT2D eigenvalue weighted by Gasteiger charge is 2.24. The van der Waals surface area contributed by atoms with E-state index in [-0.39, 0.29) is 22.8 Å². The van der Waals surface area contributed by atoms with E-state index in [1.165, 1.54) is 34.2 Å². The molecule has 0 aliphatic carbocycles. The Morgan fingerprint density at radius 2 is 1.83 bits per heavy atom. The number of hydrogen-bond acceptors (Lipinski definition) is 6. The average Bonchev–Trinajstić information content (AvgIpc) is 3.03. The van der Waals surface area contributed by atoms with Gasteiger partial charge in [-0.25, -0.2) is 13.2 Å². The van der Waals surface area contributed by atoms with Crippen LogP contribution in [-0.4, -0.2) is 43.3 Å². The van der Waals surface area contributed by atoms with Crippen LogP contribution in [0.2, 0.25) is 0 Å². The zero-order valence-corrected chi connectivity index (χ0v) is 17.2. The van der Waals surface area contributed by atoms with Crippen LogP contribution in [0.5, 0.6) is 5.75 Å². The number of aromatic nitrogens is 1. The van der Waals surface area contributed by atoms with Gasteiger partial charge in [0.2, 0.25) is 10.0 Å². The Kier molecular flexibility index (Phi) is 5.90. The lowest BCUT2D eigenvalue weighted by molar-refractivity contribution is 0.0967. The lowest BCUT2D eigenvalue weighted by atomic mass is 10.1. The number of methoxy groups -OCH3 is 1. The van der Waals surface area contributed by atoms with Crippen molar-refractivity contribution in [3.8, 4) is 5.75 Å². The first-order valence-electron chi connectivity index (χ1n) is 9.13. The van der Waals surface area contributed by atoms with Gasteiger partial charge in [-0.05, 0) is 24.3 Å². The molecule has 3 rings (SSSR count). The second kappa shape index (κ2) is 8.22. The lowest BCUT2D eigenvalue weighted by Crippen LogP contribution is -2.30. The van der Waals surface area contributed by atoms with Crippen molar-refractivity contribution in [2.75, 3.05) is 20.2 Å². The van der Waals surface area contributed by atoms with Crippen molar-refractivity contribution in [3.05, 3.63) is 58.6 Å². The fourth-order valence-electron chi connectivity index (χ4n) is 3.17. The average molecular weight is 418 g/mol. The van der Waals surface area contributed by atoms with Crippen LogP contribution in [0.4, 0.5) is 0 Å². The van der Waals surface area contributed by atoms with E-state index in [2.05, 4.69) is 0 Å². The summed E-state index contributed by atoms with van der Waals surface area (Å²) in [6.07, 6.45) is 0. The first-order chi connectivity index (χ1) is 13.8. The van der Waals surface area contributed by atoms with E-state index in [0.29, 0.717) is 29.9 Å². The van der Waals surface area contributed by atoms with Crippen LogP contribution in [0.3, 0.4) is 0 Å². The molecule has 29 heavy (non-hydrogen) atoms. The van der Waals surface area contributed by atoms with Crippen molar-refractivity contribution in [3.63, 3.8) is 0 Å². The van der Waals surface area contributed by atoms with Gasteiger partial charge in [0.15, 0.2) is 11.4 Å². The van der Waals surface area contributed by atoms with Gasteiger partial charge >= 0.3 is 5.76 Å². The minimum Gasteiger partial charge on any atom is -0.496 e. The smallest absolute Gasteiger partial charge is 0.420 e. The minimum atomic E-state index is -3.69. The number of Topliss-reactive ketones (excluding diaryl/α,β-unsaturated/α-hetero) is 1. The van der Waals surface area contributed by atoms with Gasteiger partial charge in [-0.15, -0.1) is 0 Å². The maximum Gasteiger partial charge on any atom is 0.420 e. The Labute approximate surface area is 168 Å². The molecule has 1 aromatic heterocycles. The van der Waals surface area contributed by atoms with Crippen LogP contribution in [0, 0.1) is 0 Å². The van der Waals surface area contributed by atoms with Crippen molar-refractivity contribution in [1.29, 1.82) is 0 Å². The van der Waals surface area contributed by atoms with Gasteiger partial charge < -0.3 is 9.15 Å². The standard InChI is InChI=1S/C20H22N2O6S/c1-4-21(5-2)29(25,26)14-10-11-16-19(12-14)28-20(24)22(16)13-17(23)15-8-6-7-9-18(15)27-3/h6-12H,4-5,13H2,1-3H3. The number of sulfonamides is 1. The third-order valence-electron chi connectivity index (χ3n) is 4.69. The van der Waals surface area contributed by atoms with Crippen LogP contribution in [0.15, 0.2) is 56.6 Å². The highest BCUT2D eigenvalue weighted by Crippen LogP contribution is 2.23. The van der Waals surface area contributed by atoms with Gasteiger partial charge in [0, 0.05) is 19.2 Å². The second-order valence-corrected chi connectivity index (χ2v) is 8.23. The van der Waals surface area contributed by atoms with Crippen molar-refractivity contribution in [2.24, 2.45) is 0 Å². The third kappa shape index (κ3) is 3.83. The summed E-state index contributed by atoms with van der Waals surface area (Å²) in [7, 11) is -2.23. The molecule has 0 radical (unpaired) electrons.